The summed E-state index contributed by atoms with van der Waals surface area (Å²) in [5.74, 6) is -0.285. The molecule has 15 heavy (non-hydrogen) atoms. The summed E-state index contributed by atoms with van der Waals surface area (Å²) in [6, 6.07) is 7.46. The molecule has 0 aliphatic carbocycles. The minimum atomic E-state index is -0.940. The Morgan fingerprint density at radius 1 is 1.53 bits per heavy atom. The van der Waals surface area contributed by atoms with Gasteiger partial charge in [-0.2, -0.15) is 0 Å². The summed E-state index contributed by atoms with van der Waals surface area (Å²) < 4.78 is 5.26. The quantitative estimate of drug-likeness (QED) is 0.608. The number of aryl methyl sites for hydroxylation is 1. The number of hydrogen-bond acceptors (Lipinski definition) is 2. The smallest absolute Gasteiger partial charge is 0.334 e. The maximum absolute atomic E-state index is 10.7. The van der Waals surface area contributed by atoms with Crippen LogP contribution in [0.3, 0.4) is 0 Å². The maximum atomic E-state index is 10.7. The van der Waals surface area contributed by atoms with E-state index in [4.69, 9.17) is 9.84 Å². The maximum Gasteiger partial charge on any atom is 0.334 e. The van der Waals surface area contributed by atoms with Crippen LogP contribution in [-0.4, -0.2) is 11.1 Å². The molecule has 0 aliphatic rings. The topological polar surface area (TPSA) is 46.5 Å². The predicted octanol–water partition coefficient (Wildman–Crippen LogP) is 2.75. The standard InChI is InChI=1S/C12H14O3/c1-3-10(12(13)14)8-15-11-6-4-5-9(2)7-11/h4-8H,3H2,1-2H3,(H,13,14)/b10-8+. The van der Waals surface area contributed by atoms with Gasteiger partial charge in [-0.05, 0) is 31.0 Å². The number of rotatable bonds is 4. The fourth-order valence-corrected chi connectivity index (χ4v) is 1.11. The molecule has 0 spiro atoms. The van der Waals surface area contributed by atoms with Crippen molar-refractivity contribution in [3.63, 3.8) is 0 Å². The molecule has 1 N–H and O–H groups in total. The summed E-state index contributed by atoms with van der Waals surface area (Å²) in [5, 5.41) is 8.76. The average molecular weight is 206 g/mol. The molecule has 1 aromatic rings. The summed E-state index contributed by atoms with van der Waals surface area (Å²) in [7, 11) is 0. The van der Waals surface area contributed by atoms with E-state index in [-0.39, 0.29) is 5.57 Å². The number of carbonyl (C=O) groups is 1. The second-order valence-corrected chi connectivity index (χ2v) is 3.24. The molecule has 0 aromatic heterocycles. The molecule has 0 aliphatic heterocycles. The summed E-state index contributed by atoms with van der Waals surface area (Å²) in [6.07, 6.45) is 1.73. The van der Waals surface area contributed by atoms with Crippen LogP contribution < -0.4 is 4.74 Å². The van der Waals surface area contributed by atoms with Crippen LogP contribution in [0.15, 0.2) is 36.1 Å². The number of carboxylic acid groups (broad SMARTS) is 1. The molecule has 0 fully saturated rings. The van der Waals surface area contributed by atoms with Crippen molar-refractivity contribution in [2.24, 2.45) is 0 Å². The summed E-state index contributed by atoms with van der Waals surface area (Å²) in [5.41, 5.74) is 1.34. The Morgan fingerprint density at radius 2 is 2.27 bits per heavy atom. The minimum absolute atomic E-state index is 0.261. The van der Waals surface area contributed by atoms with E-state index in [0.29, 0.717) is 12.2 Å². The zero-order chi connectivity index (χ0) is 11.3. The molecule has 3 nitrogen and oxygen atoms in total. The molecule has 0 amide bonds. The Bertz CT molecular complexity index is 380. The van der Waals surface area contributed by atoms with Gasteiger partial charge in [0.15, 0.2) is 0 Å². The molecular formula is C12H14O3. The van der Waals surface area contributed by atoms with Crippen molar-refractivity contribution >= 4 is 5.97 Å². The number of benzene rings is 1. The second kappa shape index (κ2) is 5.20. The van der Waals surface area contributed by atoms with Gasteiger partial charge in [0.1, 0.15) is 12.0 Å². The van der Waals surface area contributed by atoms with Gasteiger partial charge in [-0.1, -0.05) is 19.1 Å². The van der Waals surface area contributed by atoms with Crippen LogP contribution in [0.4, 0.5) is 0 Å². The van der Waals surface area contributed by atoms with Gasteiger partial charge in [0.05, 0.1) is 5.57 Å². The Morgan fingerprint density at radius 3 is 2.80 bits per heavy atom. The van der Waals surface area contributed by atoms with Gasteiger partial charge in [-0.25, -0.2) is 4.79 Å². The van der Waals surface area contributed by atoms with Crippen LogP contribution in [0.5, 0.6) is 5.75 Å². The lowest BCUT2D eigenvalue weighted by Gasteiger charge is -2.02. The van der Waals surface area contributed by atoms with Crippen molar-refractivity contribution in [1.29, 1.82) is 0 Å². The molecule has 0 atom stereocenters. The zero-order valence-electron chi connectivity index (χ0n) is 8.86. The van der Waals surface area contributed by atoms with Gasteiger partial charge in [0.2, 0.25) is 0 Å². The highest BCUT2D eigenvalue weighted by Crippen LogP contribution is 2.13. The molecule has 0 heterocycles. The van der Waals surface area contributed by atoms with Gasteiger partial charge in [-0.3, -0.25) is 0 Å². The summed E-state index contributed by atoms with van der Waals surface area (Å²) >= 11 is 0. The van der Waals surface area contributed by atoms with Gasteiger partial charge in [0.25, 0.3) is 0 Å². The fraction of sp³-hybridized carbons (Fsp3) is 0.250. The van der Waals surface area contributed by atoms with Crippen LogP contribution in [0.25, 0.3) is 0 Å². The monoisotopic (exact) mass is 206 g/mol. The van der Waals surface area contributed by atoms with Crippen molar-refractivity contribution in [2.45, 2.75) is 20.3 Å². The van der Waals surface area contributed by atoms with E-state index in [1.165, 1.54) is 6.26 Å². The Hall–Kier alpha value is -1.77. The van der Waals surface area contributed by atoms with E-state index < -0.39 is 5.97 Å². The summed E-state index contributed by atoms with van der Waals surface area (Å²) in [6.45, 7) is 3.73. The molecule has 0 unspecified atom stereocenters. The Labute approximate surface area is 89.0 Å². The van der Waals surface area contributed by atoms with Crippen LogP contribution in [0.1, 0.15) is 18.9 Å². The molecule has 1 aromatic carbocycles. The lowest BCUT2D eigenvalue weighted by Crippen LogP contribution is -2.01. The predicted molar refractivity (Wildman–Crippen MR) is 57.8 cm³/mol. The lowest BCUT2D eigenvalue weighted by molar-refractivity contribution is -0.132. The van der Waals surface area contributed by atoms with Crippen molar-refractivity contribution in [3.05, 3.63) is 41.7 Å². The Kier molecular flexibility index (Phi) is 3.92. The molecule has 0 saturated carbocycles. The third-order valence-electron chi connectivity index (χ3n) is 1.98. The van der Waals surface area contributed by atoms with Gasteiger partial charge in [0, 0.05) is 0 Å². The molecular weight excluding hydrogens is 192 g/mol. The largest absolute Gasteiger partial charge is 0.478 e. The number of hydrogen-bond donors (Lipinski definition) is 1. The zero-order valence-corrected chi connectivity index (χ0v) is 8.86. The highest BCUT2D eigenvalue weighted by molar-refractivity contribution is 5.86. The van der Waals surface area contributed by atoms with Crippen LogP contribution in [0, 0.1) is 6.92 Å². The van der Waals surface area contributed by atoms with E-state index in [0.717, 1.165) is 5.56 Å². The minimum Gasteiger partial charge on any atom is -0.478 e. The molecule has 1 rings (SSSR count). The fourth-order valence-electron chi connectivity index (χ4n) is 1.11. The Balaban J connectivity index is 2.74. The third-order valence-corrected chi connectivity index (χ3v) is 1.98. The van der Waals surface area contributed by atoms with Crippen molar-refractivity contribution in [2.75, 3.05) is 0 Å². The second-order valence-electron chi connectivity index (χ2n) is 3.24. The van der Waals surface area contributed by atoms with Gasteiger partial charge in [-0.15, -0.1) is 0 Å². The highest BCUT2D eigenvalue weighted by atomic mass is 16.5. The van der Waals surface area contributed by atoms with Crippen molar-refractivity contribution < 1.29 is 14.6 Å². The molecule has 0 bridgehead atoms. The van der Waals surface area contributed by atoms with E-state index >= 15 is 0 Å². The first kappa shape index (κ1) is 11.3. The van der Waals surface area contributed by atoms with Gasteiger partial charge >= 0.3 is 5.97 Å². The number of carboxylic acids is 1. The van der Waals surface area contributed by atoms with E-state index in [1.807, 2.05) is 25.1 Å². The first-order chi connectivity index (χ1) is 7.13. The van der Waals surface area contributed by atoms with Crippen molar-refractivity contribution in [3.8, 4) is 5.75 Å². The SMILES string of the molecule is CC/C(=C\Oc1cccc(C)c1)C(=O)O. The van der Waals surface area contributed by atoms with Crippen molar-refractivity contribution in [1.82, 2.24) is 0 Å². The summed E-state index contributed by atoms with van der Waals surface area (Å²) in [4.78, 5) is 10.7. The van der Waals surface area contributed by atoms with E-state index in [2.05, 4.69) is 0 Å². The number of ether oxygens (including phenoxy) is 1. The van der Waals surface area contributed by atoms with E-state index in [9.17, 15) is 4.79 Å². The molecule has 80 valence electrons. The molecule has 0 saturated heterocycles. The van der Waals surface area contributed by atoms with Crippen LogP contribution >= 0.6 is 0 Å². The van der Waals surface area contributed by atoms with Crippen LogP contribution in [-0.2, 0) is 4.79 Å². The van der Waals surface area contributed by atoms with Gasteiger partial charge < -0.3 is 9.84 Å². The normalized spacial score (nSPS) is 11.2. The van der Waals surface area contributed by atoms with Crippen LogP contribution in [0.2, 0.25) is 0 Å². The lowest BCUT2D eigenvalue weighted by atomic mass is 10.2. The highest BCUT2D eigenvalue weighted by Gasteiger charge is 2.04. The average Bonchev–Trinajstić information content (AvgIpc) is 2.18. The first-order valence-corrected chi connectivity index (χ1v) is 4.79. The molecule has 3 heteroatoms. The van der Waals surface area contributed by atoms with E-state index in [1.54, 1.807) is 13.0 Å². The first-order valence-electron chi connectivity index (χ1n) is 4.79. The third kappa shape index (κ3) is 3.46. The number of aliphatic carboxylic acids is 1. The molecule has 0 radical (unpaired) electrons.